The zero-order valence-electron chi connectivity index (χ0n) is 7.54. The summed E-state index contributed by atoms with van der Waals surface area (Å²) < 4.78 is 13.1. The third-order valence-corrected chi connectivity index (χ3v) is 2.57. The summed E-state index contributed by atoms with van der Waals surface area (Å²) in [5, 5.41) is 18.2. The minimum absolute atomic E-state index is 0.291. The molecule has 0 aliphatic rings. The molecule has 2 unspecified atom stereocenters. The van der Waals surface area contributed by atoms with E-state index < -0.39 is 12.0 Å². The minimum Gasteiger partial charge on any atom is -0.387 e. The summed E-state index contributed by atoms with van der Waals surface area (Å²) in [6, 6.07) is 6.15. The van der Waals surface area contributed by atoms with Crippen molar-refractivity contribution in [2.24, 2.45) is 5.92 Å². The van der Waals surface area contributed by atoms with Crippen LogP contribution in [0.2, 0.25) is 0 Å². The SMILES string of the molecule is CC(C#N)C(O)c1ccc(F)c(Br)c1. The van der Waals surface area contributed by atoms with Crippen LogP contribution in [0.4, 0.5) is 4.39 Å². The van der Waals surface area contributed by atoms with Gasteiger partial charge in [0.25, 0.3) is 0 Å². The Labute approximate surface area is 90.1 Å². The lowest BCUT2D eigenvalue weighted by atomic mass is 9.99. The lowest BCUT2D eigenvalue weighted by Gasteiger charge is -2.12. The van der Waals surface area contributed by atoms with Gasteiger partial charge in [-0.15, -0.1) is 0 Å². The molecule has 0 saturated carbocycles. The maximum atomic E-state index is 12.9. The van der Waals surface area contributed by atoms with E-state index in [0.717, 1.165) is 0 Å². The summed E-state index contributed by atoms with van der Waals surface area (Å²) >= 11 is 3.02. The molecule has 0 bridgehead atoms. The van der Waals surface area contributed by atoms with Crippen LogP contribution in [0.1, 0.15) is 18.6 Å². The lowest BCUT2D eigenvalue weighted by molar-refractivity contribution is 0.142. The monoisotopic (exact) mass is 257 g/mol. The Morgan fingerprint density at radius 3 is 2.71 bits per heavy atom. The largest absolute Gasteiger partial charge is 0.387 e. The molecule has 0 heterocycles. The van der Waals surface area contributed by atoms with Crippen molar-refractivity contribution in [1.82, 2.24) is 0 Å². The Bertz CT molecular complexity index is 375. The van der Waals surface area contributed by atoms with Crippen LogP contribution < -0.4 is 0 Å². The van der Waals surface area contributed by atoms with Gasteiger partial charge in [-0.05, 0) is 40.5 Å². The van der Waals surface area contributed by atoms with Crippen molar-refractivity contribution in [2.75, 3.05) is 0 Å². The number of benzene rings is 1. The first-order valence-electron chi connectivity index (χ1n) is 4.09. The van der Waals surface area contributed by atoms with E-state index in [2.05, 4.69) is 15.9 Å². The van der Waals surface area contributed by atoms with Crippen molar-refractivity contribution in [2.45, 2.75) is 13.0 Å². The molecule has 14 heavy (non-hydrogen) atoms. The van der Waals surface area contributed by atoms with E-state index in [-0.39, 0.29) is 5.82 Å². The van der Waals surface area contributed by atoms with Crippen molar-refractivity contribution >= 4 is 15.9 Å². The first-order valence-corrected chi connectivity index (χ1v) is 4.88. The van der Waals surface area contributed by atoms with E-state index in [9.17, 15) is 9.50 Å². The average Bonchev–Trinajstić information content (AvgIpc) is 2.20. The second-order valence-corrected chi connectivity index (χ2v) is 3.89. The van der Waals surface area contributed by atoms with Crippen molar-refractivity contribution in [3.8, 4) is 6.07 Å². The van der Waals surface area contributed by atoms with Crippen LogP contribution in [0.3, 0.4) is 0 Å². The normalized spacial score (nSPS) is 14.5. The Hall–Kier alpha value is -0.920. The molecule has 0 aromatic heterocycles. The van der Waals surface area contributed by atoms with E-state index in [4.69, 9.17) is 5.26 Å². The van der Waals surface area contributed by atoms with Gasteiger partial charge in [-0.2, -0.15) is 5.26 Å². The second kappa shape index (κ2) is 4.54. The van der Waals surface area contributed by atoms with E-state index in [0.29, 0.717) is 10.0 Å². The summed E-state index contributed by atoms with van der Waals surface area (Å²) in [5.41, 5.74) is 0.535. The molecular weight excluding hydrogens is 249 g/mol. The van der Waals surface area contributed by atoms with Gasteiger partial charge in [0.2, 0.25) is 0 Å². The lowest BCUT2D eigenvalue weighted by Crippen LogP contribution is -2.07. The summed E-state index contributed by atoms with van der Waals surface area (Å²) in [6.07, 6.45) is -0.878. The van der Waals surface area contributed by atoms with Gasteiger partial charge in [-0.25, -0.2) is 4.39 Å². The zero-order valence-corrected chi connectivity index (χ0v) is 9.12. The van der Waals surface area contributed by atoms with Gasteiger partial charge in [0.15, 0.2) is 0 Å². The highest BCUT2D eigenvalue weighted by atomic mass is 79.9. The van der Waals surface area contributed by atoms with Crippen LogP contribution in [0.5, 0.6) is 0 Å². The Kier molecular flexibility index (Phi) is 3.62. The Morgan fingerprint density at radius 2 is 2.21 bits per heavy atom. The van der Waals surface area contributed by atoms with Crippen LogP contribution in [0.25, 0.3) is 0 Å². The molecule has 2 nitrogen and oxygen atoms in total. The number of hydrogen-bond acceptors (Lipinski definition) is 2. The molecule has 0 spiro atoms. The number of aliphatic hydroxyl groups is 1. The third-order valence-electron chi connectivity index (χ3n) is 1.96. The smallest absolute Gasteiger partial charge is 0.137 e. The van der Waals surface area contributed by atoms with E-state index >= 15 is 0 Å². The first-order chi connectivity index (χ1) is 6.56. The summed E-state index contributed by atoms with van der Waals surface area (Å²) in [4.78, 5) is 0. The topological polar surface area (TPSA) is 44.0 Å². The van der Waals surface area contributed by atoms with Crippen molar-refractivity contribution in [3.05, 3.63) is 34.1 Å². The number of rotatable bonds is 2. The summed E-state index contributed by atoms with van der Waals surface area (Å²) in [6.45, 7) is 1.61. The maximum absolute atomic E-state index is 12.9. The molecule has 1 N–H and O–H groups in total. The fourth-order valence-electron chi connectivity index (χ4n) is 1.06. The molecule has 0 aliphatic heterocycles. The first kappa shape index (κ1) is 11.2. The molecule has 1 rings (SSSR count). The van der Waals surface area contributed by atoms with Gasteiger partial charge in [-0.1, -0.05) is 6.07 Å². The van der Waals surface area contributed by atoms with Gasteiger partial charge in [0, 0.05) is 0 Å². The van der Waals surface area contributed by atoms with Gasteiger partial charge < -0.3 is 5.11 Å². The van der Waals surface area contributed by atoms with Gasteiger partial charge in [-0.3, -0.25) is 0 Å². The molecule has 0 aliphatic carbocycles. The molecule has 2 atom stereocenters. The van der Waals surface area contributed by atoms with Crippen LogP contribution in [-0.2, 0) is 0 Å². The minimum atomic E-state index is -0.878. The van der Waals surface area contributed by atoms with Crippen LogP contribution in [0, 0.1) is 23.1 Å². The number of nitrogens with zero attached hydrogens (tertiary/aromatic N) is 1. The van der Waals surface area contributed by atoms with Crippen LogP contribution in [-0.4, -0.2) is 5.11 Å². The van der Waals surface area contributed by atoms with Crippen molar-refractivity contribution in [1.29, 1.82) is 5.26 Å². The molecule has 4 heteroatoms. The quantitative estimate of drug-likeness (QED) is 0.886. The molecular formula is C10H9BrFNO. The number of aliphatic hydroxyl groups excluding tert-OH is 1. The van der Waals surface area contributed by atoms with Gasteiger partial charge in [0.05, 0.1) is 22.6 Å². The van der Waals surface area contributed by atoms with Gasteiger partial charge >= 0.3 is 0 Å². The average molecular weight is 258 g/mol. The molecule has 0 amide bonds. The molecule has 0 fully saturated rings. The van der Waals surface area contributed by atoms with E-state index in [1.165, 1.54) is 18.2 Å². The van der Waals surface area contributed by atoms with Crippen LogP contribution >= 0.6 is 15.9 Å². The van der Waals surface area contributed by atoms with Crippen molar-refractivity contribution < 1.29 is 9.50 Å². The fourth-order valence-corrected chi connectivity index (χ4v) is 1.45. The summed E-state index contributed by atoms with van der Waals surface area (Å²) in [7, 11) is 0. The molecule has 0 radical (unpaired) electrons. The standard InChI is InChI=1S/C10H9BrFNO/c1-6(5-13)10(14)7-2-3-9(12)8(11)4-7/h2-4,6,10,14H,1H3. The number of nitriles is 1. The number of hydrogen-bond donors (Lipinski definition) is 1. The fraction of sp³-hybridized carbons (Fsp3) is 0.300. The third kappa shape index (κ3) is 2.31. The highest BCUT2D eigenvalue weighted by molar-refractivity contribution is 9.10. The molecule has 1 aromatic carbocycles. The highest BCUT2D eigenvalue weighted by Crippen LogP contribution is 2.25. The predicted molar refractivity (Wildman–Crippen MR) is 53.8 cm³/mol. The Morgan fingerprint density at radius 1 is 1.57 bits per heavy atom. The van der Waals surface area contributed by atoms with Crippen LogP contribution in [0.15, 0.2) is 22.7 Å². The van der Waals surface area contributed by atoms with E-state index in [1.807, 2.05) is 6.07 Å². The summed E-state index contributed by atoms with van der Waals surface area (Å²) in [5.74, 6) is -0.891. The highest BCUT2D eigenvalue weighted by Gasteiger charge is 2.16. The molecule has 74 valence electrons. The van der Waals surface area contributed by atoms with E-state index in [1.54, 1.807) is 6.92 Å². The Balaban J connectivity index is 2.98. The van der Waals surface area contributed by atoms with Gasteiger partial charge in [0.1, 0.15) is 5.82 Å². The number of halogens is 2. The maximum Gasteiger partial charge on any atom is 0.137 e. The van der Waals surface area contributed by atoms with Crippen molar-refractivity contribution in [3.63, 3.8) is 0 Å². The molecule has 0 saturated heterocycles. The molecule has 1 aromatic rings. The predicted octanol–water partition coefficient (Wildman–Crippen LogP) is 2.78. The zero-order chi connectivity index (χ0) is 10.7. The second-order valence-electron chi connectivity index (χ2n) is 3.04.